The summed E-state index contributed by atoms with van der Waals surface area (Å²) in [6.07, 6.45) is 7.72. The highest BCUT2D eigenvalue weighted by molar-refractivity contribution is 7.19. The smallest absolute Gasteiger partial charge is 0.271 e. The summed E-state index contributed by atoms with van der Waals surface area (Å²) in [4.78, 5) is 30.8. The number of benzene rings is 1. The minimum atomic E-state index is -1.00. The summed E-state index contributed by atoms with van der Waals surface area (Å²) in [6, 6.07) is 11.9. The lowest BCUT2D eigenvalue weighted by molar-refractivity contribution is -0.134. The lowest BCUT2D eigenvalue weighted by Crippen LogP contribution is -2.64. The minimum absolute atomic E-state index is 0.0618. The maximum atomic E-state index is 13.9. The molecule has 7 heteroatoms. The van der Waals surface area contributed by atoms with Crippen LogP contribution >= 0.6 is 22.9 Å². The number of hydrogen-bond acceptors (Lipinski definition) is 3. The topological polar surface area (TPSA) is 54.3 Å². The average molecular weight is 498 g/mol. The maximum Gasteiger partial charge on any atom is 0.271 e. The van der Waals surface area contributed by atoms with Gasteiger partial charge in [0, 0.05) is 22.5 Å². The zero-order chi connectivity index (χ0) is 23.9. The second kappa shape index (κ2) is 9.38. The van der Waals surface area contributed by atoms with Gasteiger partial charge in [-0.3, -0.25) is 9.59 Å². The van der Waals surface area contributed by atoms with Crippen LogP contribution in [-0.2, 0) is 24.3 Å². The summed E-state index contributed by atoms with van der Waals surface area (Å²) < 4.78 is 3.17. The van der Waals surface area contributed by atoms with Gasteiger partial charge in [0.05, 0.1) is 16.8 Å². The van der Waals surface area contributed by atoms with Crippen molar-refractivity contribution < 1.29 is 9.59 Å². The van der Waals surface area contributed by atoms with Crippen LogP contribution in [0.3, 0.4) is 0 Å². The summed E-state index contributed by atoms with van der Waals surface area (Å²) >= 11 is 7.97. The van der Waals surface area contributed by atoms with E-state index in [0.717, 1.165) is 47.9 Å². The number of amides is 2. The zero-order valence-electron chi connectivity index (χ0n) is 19.9. The standard InChI is InChI=1S/C27H32ClN3O2S/c1-3-21-14-22-24(34-21)15-23-25(32)31(16-18-9-8-10-19(28)13-18)27(2,17-30(22)23)26(33)29-20-11-6-4-5-7-12-20/h8-10,13-15,20H,3-7,11-12,16-17H2,1-2H3,(H,29,33). The molecule has 0 radical (unpaired) electrons. The molecule has 2 aromatic heterocycles. The van der Waals surface area contributed by atoms with Crippen LogP contribution in [0.15, 0.2) is 36.4 Å². The SMILES string of the molecule is CCc1cc2c(cc3n2CC(C)(C(=O)NC2CCCCCC2)N(Cc2cccc(Cl)c2)C3=O)s1. The molecule has 1 aliphatic heterocycles. The van der Waals surface area contributed by atoms with Crippen LogP contribution in [0.25, 0.3) is 10.2 Å². The Labute approximate surface area is 210 Å². The highest BCUT2D eigenvalue weighted by Crippen LogP contribution is 2.37. The van der Waals surface area contributed by atoms with Gasteiger partial charge < -0.3 is 14.8 Å². The first-order valence-corrected chi connectivity index (χ1v) is 13.6. The fourth-order valence-corrected chi connectivity index (χ4v) is 6.65. The second-order valence-corrected chi connectivity index (χ2v) is 11.5. The van der Waals surface area contributed by atoms with Gasteiger partial charge >= 0.3 is 0 Å². The summed E-state index contributed by atoms with van der Waals surface area (Å²) in [5.74, 6) is -0.167. The minimum Gasteiger partial charge on any atom is -0.351 e. The molecule has 1 atom stereocenters. The highest BCUT2D eigenvalue weighted by atomic mass is 35.5. The number of aryl methyl sites for hydroxylation is 1. The van der Waals surface area contributed by atoms with Crippen molar-refractivity contribution in [3.63, 3.8) is 0 Å². The molecule has 5 rings (SSSR count). The molecule has 1 aromatic carbocycles. The molecule has 2 aliphatic rings. The molecule has 34 heavy (non-hydrogen) atoms. The molecule has 0 spiro atoms. The number of carbonyl (C=O) groups is 2. The molecule has 1 aliphatic carbocycles. The summed E-state index contributed by atoms with van der Waals surface area (Å²) in [5.41, 5.74) is 1.63. The fourth-order valence-electron chi connectivity index (χ4n) is 5.39. The molecule has 0 bridgehead atoms. The molecule has 180 valence electrons. The maximum absolute atomic E-state index is 13.9. The summed E-state index contributed by atoms with van der Waals surface area (Å²) in [6.45, 7) is 4.84. The Bertz CT molecular complexity index is 1220. The number of fused-ring (bicyclic) bond motifs is 3. The Morgan fingerprint density at radius 2 is 1.94 bits per heavy atom. The fraction of sp³-hybridized carbons (Fsp3) is 0.481. The molecule has 1 unspecified atom stereocenters. The van der Waals surface area contributed by atoms with E-state index in [1.807, 2.05) is 37.3 Å². The van der Waals surface area contributed by atoms with Crippen molar-refractivity contribution >= 4 is 45.0 Å². The predicted octanol–water partition coefficient (Wildman–Crippen LogP) is 6.17. The third kappa shape index (κ3) is 4.27. The van der Waals surface area contributed by atoms with E-state index in [0.29, 0.717) is 23.8 Å². The van der Waals surface area contributed by atoms with Crippen LogP contribution in [0.1, 0.15) is 73.3 Å². The second-order valence-electron chi connectivity index (χ2n) is 9.89. The van der Waals surface area contributed by atoms with E-state index in [1.165, 1.54) is 17.7 Å². The van der Waals surface area contributed by atoms with Crippen LogP contribution in [0.5, 0.6) is 0 Å². The van der Waals surface area contributed by atoms with Crippen LogP contribution in [0.2, 0.25) is 5.02 Å². The highest BCUT2D eigenvalue weighted by Gasteiger charge is 2.48. The number of hydrogen-bond donors (Lipinski definition) is 1. The lowest BCUT2D eigenvalue weighted by atomic mass is 9.93. The monoisotopic (exact) mass is 497 g/mol. The number of rotatable bonds is 5. The molecule has 1 fully saturated rings. The molecular weight excluding hydrogens is 466 g/mol. The van der Waals surface area contributed by atoms with Crippen LogP contribution in [-0.4, -0.2) is 32.9 Å². The first-order valence-electron chi connectivity index (χ1n) is 12.4. The van der Waals surface area contributed by atoms with Gasteiger partial charge in [-0.15, -0.1) is 11.3 Å². The Morgan fingerprint density at radius 1 is 1.18 bits per heavy atom. The van der Waals surface area contributed by atoms with E-state index in [4.69, 9.17) is 11.6 Å². The van der Waals surface area contributed by atoms with Gasteiger partial charge in [0.1, 0.15) is 11.2 Å². The zero-order valence-corrected chi connectivity index (χ0v) is 21.5. The van der Waals surface area contributed by atoms with Crippen molar-refractivity contribution in [2.24, 2.45) is 0 Å². The molecule has 3 heterocycles. The van der Waals surface area contributed by atoms with Gasteiger partial charge in [0.2, 0.25) is 5.91 Å². The third-order valence-corrected chi connectivity index (χ3v) is 8.88. The lowest BCUT2D eigenvalue weighted by Gasteiger charge is -2.44. The van der Waals surface area contributed by atoms with Gasteiger partial charge in [-0.25, -0.2) is 0 Å². The first-order chi connectivity index (χ1) is 16.4. The van der Waals surface area contributed by atoms with E-state index >= 15 is 0 Å². The average Bonchev–Trinajstić information content (AvgIpc) is 3.25. The van der Waals surface area contributed by atoms with Crippen molar-refractivity contribution in [3.05, 3.63) is 57.6 Å². The van der Waals surface area contributed by atoms with E-state index in [1.54, 1.807) is 16.2 Å². The quantitative estimate of drug-likeness (QED) is 0.428. The van der Waals surface area contributed by atoms with Gasteiger partial charge in [0.15, 0.2) is 0 Å². The normalized spacial score (nSPS) is 21.5. The molecule has 2 amide bonds. The predicted molar refractivity (Wildman–Crippen MR) is 139 cm³/mol. The number of aromatic nitrogens is 1. The molecule has 5 nitrogen and oxygen atoms in total. The Hall–Kier alpha value is -2.31. The van der Waals surface area contributed by atoms with Crippen molar-refractivity contribution in [1.29, 1.82) is 0 Å². The van der Waals surface area contributed by atoms with Crippen molar-refractivity contribution in [2.75, 3.05) is 0 Å². The Kier molecular flexibility index (Phi) is 6.47. The van der Waals surface area contributed by atoms with Gasteiger partial charge in [0.25, 0.3) is 5.91 Å². The summed E-state index contributed by atoms with van der Waals surface area (Å²) in [5, 5.41) is 3.96. The van der Waals surface area contributed by atoms with Crippen molar-refractivity contribution in [2.45, 2.75) is 83.5 Å². The van der Waals surface area contributed by atoms with E-state index < -0.39 is 5.54 Å². The largest absolute Gasteiger partial charge is 0.351 e. The van der Waals surface area contributed by atoms with E-state index in [-0.39, 0.29) is 17.9 Å². The van der Waals surface area contributed by atoms with Gasteiger partial charge in [-0.1, -0.05) is 56.3 Å². The molecule has 3 aromatic rings. The molecular formula is C27H32ClN3O2S. The van der Waals surface area contributed by atoms with Gasteiger partial charge in [-0.05, 0) is 56.0 Å². The van der Waals surface area contributed by atoms with Crippen LogP contribution < -0.4 is 5.32 Å². The third-order valence-electron chi connectivity index (χ3n) is 7.42. The summed E-state index contributed by atoms with van der Waals surface area (Å²) in [7, 11) is 0. The van der Waals surface area contributed by atoms with Crippen molar-refractivity contribution in [3.8, 4) is 0 Å². The Balaban J connectivity index is 1.53. The van der Waals surface area contributed by atoms with E-state index in [2.05, 4.69) is 22.9 Å². The number of nitrogens with one attached hydrogen (secondary N) is 1. The first kappa shape index (κ1) is 23.4. The number of thiophene rings is 1. The molecule has 1 saturated carbocycles. The van der Waals surface area contributed by atoms with Gasteiger partial charge in [-0.2, -0.15) is 0 Å². The molecule has 1 N–H and O–H groups in total. The van der Waals surface area contributed by atoms with E-state index in [9.17, 15) is 9.59 Å². The van der Waals surface area contributed by atoms with Crippen LogP contribution in [0.4, 0.5) is 0 Å². The Morgan fingerprint density at radius 3 is 2.65 bits per heavy atom. The number of halogens is 1. The van der Waals surface area contributed by atoms with Crippen LogP contribution in [0, 0.1) is 0 Å². The number of nitrogens with zero attached hydrogens (tertiary/aromatic N) is 2. The number of carbonyl (C=O) groups excluding carboxylic acids is 2. The van der Waals surface area contributed by atoms with Crippen molar-refractivity contribution in [1.82, 2.24) is 14.8 Å². The molecule has 0 saturated heterocycles.